The molecule has 2 N–H and O–H groups in total. The molecule has 0 aliphatic carbocycles. The highest BCUT2D eigenvalue weighted by Gasteiger charge is 2.42. The van der Waals surface area contributed by atoms with Crippen LogP contribution < -0.4 is 4.74 Å². The average molecular weight is 513 g/mol. The quantitative estimate of drug-likeness (QED) is 0.281. The molecule has 0 unspecified atom stereocenters. The number of halogens is 1. The molecular formula is C30H25ClN2O4. The van der Waals surface area contributed by atoms with E-state index >= 15 is 0 Å². The minimum Gasteiger partial charge on any atom is -0.503 e. The smallest absolute Gasteiger partial charge is 0.290 e. The molecule has 7 heteroatoms. The van der Waals surface area contributed by atoms with Crippen molar-refractivity contribution in [1.29, 1.82) is 0 Å². The van der Waals surface area contributed by atoms with Gasteiger partial charge in [0.05, 0.1) is 18.7 Å². The van der Waals surface area contributed by atoms with E-state index in [0.717, 1.165) is 27.8 Å². The zero-order chi connectivity index (χ0) is 25.9. The van der Waals surface area contributed by atoms with Gasteiger partial charge in [-0.25, -0.2) is 0 Å². The summed E-state index contributed by atoms with van der Waals surface area (Å²) in [4.78, 5) is 31.4. The number of aromatic amines is 1. The first-order chi connectivity index (χ1) is 18.0. The molecule has 186 valence electrons. The van der Waals surface area contributed by atoms with Crippen LogP contribution in [0, 0.1) is 0 Å². The summed E-state index contributed by atoms with van der Waals surface area (Å²) in [5, 5.41) is 12.4. The van der Waals surface area contributed by atoms with Crippen molar-refractivity contribution >= 4 is 40.3 Å². The number of hydrogen-bond donors (Lipinski definition) is 2. The number of ether oxygens (including phenoxy) is 1. The molecule has 1 atom stereocenters. The van der Waals surface area contributed by atoms with Crippen LogP contribution in [-0.2, 0) is 16.0 Å². The van der Waals surface area contributed by atoms with E-state index in [4.69, 9.17) is 16.3 Å². The van der Waals surface area contributed by atoms with Crippen LogP contribution in [0.4, 0.5) is 0 Å². The third-order valence-corrected chi connectivity index (χ3v) is 6.83. The van der Waals surface area contributed by atoms with Crippen molar-refractivity contribution in [2.24, 2.45) is 0 Å². The lowest BCUT2D eigenvalue weighted by molar-refractivity contribution is -0.129. The third-order valence-electron chi connectivity index (χ3n) is 6.58. The zero-order valence-corrected chi connectivity index (χ0v) is 20.9. The molecule has 0 spiro atoms. The lowest BCUT2D eigenvalue weighted by atomic mass is 9.95. The highest BCUT2D eigenvalue weighted by Crippen LogP contribution is 2.38. The van der Waals surface area contributed by atoms with E-state index in [-0.39, 0.29) is 5.57 Å². The van der Waals surface area contributed by atoms with Crippen LogP contribution in [0.25, 0.3) is 17.0 Å². The molecule has 0 fully saturated rings. The van der Waals surface area contributed by atoms with Gasteiger partial charge in [0.1, 0.15) is 5.75 Å². The average Bonchev–Trinajstić information content (AvgIpc) is 3.44. The predicted octanol–water partition coefficient (Wildman–Crippen LogP) is 6.05. The van der Waals surface area contributed by atoms with Crippen molar-refractivity contribution in [2.75, 3.05) is 13.7 Å². The Labute approximate surface area is 219 Å². The van der Waals surface area contributed by atoms with Gasteiger partial charge in [-0.3, -0.25) is 9.59 Å². The molecule has 5 rings (SSSR count). The van der Waals surface area contributed by atoms with Crippen molar-refractivity contribution in [3.05, 3.63) is 118 Å². The van der Waals surface area contributed by atoms with Crippen LogP contribution in [0.2, 0.25) is 5.02 Å². The molecule has 1 aliphatic rings. The first kappa shape index (κ1) is 24.4. The number of benzene rings is 3. The summed E-state index contributed by atoms with van der Waals surface area (Å²) in [7, 11) is 1.62. The van der Waals surface area contributed by atoms with Crippen molar-refractivity contribution in [3.63, 3.8) is 0 Å². The Balaban J connectivity index is 1.46. The molecule has 3 aromatic carbocycles. The third kappa shape index (κ3) is 4.88. The Hall–Kier alpha value is -4.29. The fourth-order valence-electron chi connectivity index (χ4n) is 4.69. The monoisotopic (exact) mass is 512 g/mol. The van der Waals surface area contributed by atoms with Gasteiger partial charge in [0.15, 0.2) is 11.5 Å². The van der Waals surface area contributed by atoms with Crippen molar-refractivity contribution < 1.29 is 19.4 Å². The van der Waals surface area contributed by atoms with Gasteiger partial charge in [-0.1, -0.05) is 60.1 Å². The van der Waals surface area contributed by atoms with E-state index in [2.05, 4.69) is 4.98 Å². The minimum atomic E-state index is -0.738. The molecule has 0 saturated heterocycles. The second-order valence-corrected chi connectivity index (χ2v) is 9.24. The summed E-state index contributed by atoms with van der Waals surface area (Å²) < 4.78 is 5.36. The summed E-state index contributed by atoms with van der Waals surface area (Å²) >= 11 is 6.10. The maximum Gasteiger partial charge on any atom is 0.290 e. The number of fused-ring (bicyclic) bond motifs is 1. The fourth-order valence-corrected chi connectivity index (χ4v) is 4.81. The number of amides is 1. The lowest BCUT2D eigenvalue weighted by Gasteiger charge is -2.26. The summed E-state index contributed by atoms with van der Waals surface area (Å²) in [6, 6.07) is 21.4. The number of hydrogen-bond acceptors (Lipinski definition) is 4. The summed E-state index contributed by atoms with van der Waals surface area (Å²) in [5.41, 5.74) is 3.55. The van der Waals surface area contributed by atoms with Gasteiger partial charge in [-0.2, -0.15) is 0 Å². The topological polar surface area (TPSA) is 82.6 Å². The van der Waals surface area contributed by atoms with Crippen LogP contribution in [0.15, 0.2) is 96.4 Å². The number of aromatic nitrogens is 1. The van der Waals surface area contributed by atoms with Gasteiger partial charge >= 0.3 is 0 Å². The summed E-state index contributed by atoms with van der Waals surface area (Å²) in [5.74, 6) is -0.784. The number of rotatable bonds is 8. The second-order valence-electron chi connectivity index (χ2n) is 8.80. The maximum absolute atomic E-state index is 13.3. The van der Waals surface area contributed by atoms with Crippen LogP contribution in [-0.4, -0.2) is 40.3 Å². The van der Waals surface area contributed by atoms with E-state index in [0.29, 0.717) is 23.6 Å². The SMILES string of the molecule is COc1ccc2[nH]cc(CCN3C(=O)C(O)=C(C(=O)/C=C/c4ccccc4)[C@@H]3c3ccc(Cl)cc3)c2c1. The van der Waals surface area contributed by atoms with Crippen LogP contribution in [0.1, 0.15) is 22.7 Å². The van der Waals surface area contributed by atoms with E-state index in [1.807, 2.05) is 54.7 Å². The maximum atomic E-state index is 13.3. The van der Waals surface area contributed by atoms with Crippen LogP contribution >= 0.6 is 11.6 Å². The van der Waals surface area contributed by atoms with Gasteiger partial charge in [-0.05, 0) is 59.5 Å². The van der Waals surface area contributed by atoms with Crippen LogP contribution in [0.3, 0.4) is 0 Å². The number of carbonyl (C=O) groups excluding carboxylic acids is 2. The van der Waals surface area contributed by atoms with E-state index in [9.17, 15) is 14.7 Å². The number of aliphatic hydroxyl groups is 1. The normalized spacial score (nSPS) is 15.8. The number of H-pyrrole nitrogens is 1. The fraction of sp³-hybridized carbons (Fsp3) is 0.133. The number of ketones is 1. The molecule has 0 radical (unpaired) electrons. The highest BCUT2D eigenvalue weighted by atomic mass is 35.5. The zero-order valence-electron chi connectivity index (χ0n) is 20.1. The van der Waals surface area contributed by atoms with Gasteiger partial charge in [0.2, 0.25) is 0 Å². The van der Waals surface area contributed by atoms with E-state index in [1.165, 1.54) is 6.08 Å². The van der Waals surface area contributed by atoms with Crippen molar-refractivity contribution in [3.8, 4) is 5.75 Å². The number of allylic oxidation sites excluding steroid dienone is 1. The number of nitrogens with one attached hydrogen (secondary N) is 1. The summed E-state index contributed by atoms with van der Waals surface area (Å²) in [6.45, 7) is 0.291. The van der Waals surface area contributed by atoms with Crippen molar-refractivity contribution in [2.45, 2.75) is 12.5 Å². The second kappa shape index (κ2) is 10.4. The van der Waals surface area contributed by atoms with E-state index < -0.39 is 23.5 Å². The van der Waals surface area contributed by atoms with Crippen molar-refractivity contribution in [1.82, 2.24) is 9.88 Å². The Morgan fingerprint density at radius 1 is 1.11 bits per heavy atom. The highest BCUT2D eigenvalue weighted by molar-refractivity contribution is 6.30. The molecule has 6 nitrogen and oxygen atoms in total. The predicted molar refractivity (Wildman–Crippen MR) is 145 cm³/mol. The lowest BCUT2D eigenvalue weighted by Crippen LogP contribution is -2.33. The Morgan fingerprint density at radius 3 is 2.59 bits per heavy atom. The number of carbonyl (C=O) groups is 2. The summed E-state index contributed by atoms with van der Waals surface area (Å²) in [6.07, 6.45) is 5.49. The first-order valence-electron chi connectivity index (χ1n) is 11.9. The Morgan fingerprint density at radius 2 is 1.86 bits per heavy atom. The molecule has 4 aromatic rings. The molecule has 0 bridgehead atoms. The standard InChI is InChI=1S/C30H25ClN2O4/c1-37-23-12-13-25-24(17-23)21(18-32-25)15-16-33-28(20-8-10-22(31)11-9-20)27(29(35)30(33)36)26(34)14-7-19-5-3-2-4-6-19/h2-14,17-18,28,32,35H,15-16H2,1H3/b14-7+/t28-/m0/s1. The number of methoxy groups -OCH3 is 1. The van der Waals surface area contributed by atoms with Gasteiger partial charge in [0.25, 0.3) is 5.91 Å². The van der Waals surface area contributed by atoms with Gasteiger partial charge in [-0.15, -0.1) is 0 Å². The molecule has 1 aliphatic heterocycles. The Kier molecular flexibility index (Phi) is 6.84. The molecular weight excluding hydrogens is 488 g/mol. The number of aliphatic hydroxyl groups excluding tert-OH is 1. The van der Waals surface area contributed by atoms with Gasteiger partial charge in [0, 0.05) is 28.7 Å². The number of nitrogens with zero attached hydrogens (tertiary/aromatic N) is 1. The molecule has 1 amide bonds. The molecule has 2 heterocycles. The van der Waals surface area contributed by atoms with Crippen LogP contribution in [0.5, 0.6) is 5.75 Å². The van der Waals surface area contributed by atoms with Gasteiger partial charge < -0.3 is 19.7 Å². The van der Waals surface area contributed by atoms with E-state index in [1.54, 1.807) is 42.4 Å². The minimum absolute atomic E-state index is 0.0556. The largest absolute Gasteiger partial charge is 0.503 e. The Bertz CT molecular complexity index is 1520. The first-order valence-corrected chi connectivity index (χ1v) is 12.2. The molecule has 0 saturated carbocycles. The molecule has 1 aromatic heterocycles. The molecule has 37 heavy (non-hydrogen) atoms.